The molecule has 0 fully saturated rings. The van der Waals surface area contributed by atoms with Gasteiger partial charge >= 0.3 is 0 Å². The molecule has 5 nitrogen and oxygen atoms in total. The van der Waals surface area contributed by atoms with E-state index < -0.39 is 0 Å². The number of rotatable bonds is 5. The number of ether oxygens (including phenoxy) is 1. The summed E-state index contributed by atoms with van der Waals surface area (Å²) in [7, 11) is 1.66. The Balaban J connectivity index is 1.61. The van der Waals surface area contributed by atoms with Crippen molar-refractivity contribution >= 4 is 45.5 Å². The molecule has 1 heterocycles. The molecular formula is C26H25N3O2S. The molecule has 1 N–H and O–H groups in total. The molecule has 3 aromatic rings. The van der Waals surface area contributed by atoms with Gasteiger partial charge in [0.15, 0.2) is 0 Å². The van der Waals surface area contributed by atoms with Crippen molar-refractivity contribution in [2.24, 2.45) is 9.98 Å². The number of nitrogens with one attached hydrogen (secondary N) is 1. The van der Waals surface area contributed by atoms with E-state index >= 15 is 0 Å². The number of aliphatic imine (C=N–C) groups is 2. The SMILES string of the molecule is COc1cccc(C2=Nc3cc(C)c(C)cc3N=C(SCC(=O)Nc3ccccc3)C2)c1. The quantitative estimate of drug-likeness (QED) is 0.508. The van der Waals surface area contributed by atoms with Crippen LogP contribution in [0.1, 0.15) is 23.1 Å². The van der Waals surface area contributed by atoms with E-state index in [1.807, 2.05) is 54.6 Å². The summed E-state index contributed by atoms with van der Waals surface area (Å²) in [5.74, 6) is 0.996. The summed E-state index contributed by atoms with van der Waals surface area (Å²) in [5.41, 5.74) is 6.69. The summed E-state index contributed by atoms with van der Waals surface area (Å²) in [5, 5.41) is 3.79. The van der Waals surface area contributed by atoms with Crippen molar-refractivity contribution in [2.75, 3.05) is 18.2 Å². The summed E-state index contributed by atoms with van der Waals surface area (Å²) in [6.45, 7) is 4.15. The number of fused-ring (bicyclic) bond motifs is 1. The Bertz CT molecular complexity index is 1200. The molecule has 0 bridgehead atoms. The van der Waals surface area contributed by atoms with Gasteiger partial charge in [-0.3, -0.25) is 9.79 Å². The molecule has 4 rings (SSSR count). The largest absolute Gasteiger partial charge is 0.497 e. The van der Waals surface area contributed by atoms with Crippen LogP contribution in [0.25, 0.3) is 0 Å². The summed E-state index contributed by atoms with van der Waals surface area (Å²) in [4.78, 5) is 22.3. The van der Waals surface area contributed by atoms with Crippen molar-refractivity contribution in [3.05, 3.63) is 83.4 Å². The molecule has 0 atom stereocenters. The summed E-state index contributed by atoms with van der Waals surface area (Å²) in [6.07, 6.45) is 0.545. The minimum Gasteiger partial charge on any atom is -0.497 e. The zero-order chi connectivity index (χ0) is 22.5. The van der Waals surface area contributed by atoms with Gasteiger partial charge in [0.2, 0.25) is 5.91 Å². The van der Waals surface area contributed by atoms with Crippen LogP contribution in [-0.4, -0.2) is 29.5 Å². The van der Waals surface area contributed by atoms with Gasteiger partial charge in [-0.15, -0.1) is 11.8 Å². The maximum absolute atomic E-state index is 12.5. The lowest BCUT2D eigenvalue weighted by atomic mass is 10.1. The number of carbonyl (C=O) groups is 1. The fourth-order valence-corrected chi connectivity index (χ4v) is 4.16. The normalized spacial score (nSPS) is 12.8. The molecular weight excluding hydrogens is 418 g/mol. The van der Waals surface area contributed by atoms with E-state index in [1.165, 1.54) is 22.9 Å². The van der Waals surface area contributed by atoms with Crippen LogP contribution in [0.15, 0.2) is 76.7 Å². The fraction of sp³-hybridized carbons (Fsp3) is 0.192. The molecule has 1 aliphatic rings. The van der Waals surface area contributed by atoms with Crippen LogP contribution in [0.3, 0.4) is 0 Å². The van der Waals surface area contributed by atoms with Gasteiger partial charge in [0, 0.05) is 17.7 Å². The predicted octanol–water partition coefficient (Wildman–Crippen LogP) is 6.24. The number of hydrogen-bond acceptors (Lipinski definition) is 5. The Labute approximate surface area is 192 Å². The maximum atomic E-state index is 12.5. The predicted molar refractivity (Wildman–Crippen MR) is 134 cm³/mol. The summed E-state index contributed by atoms with van der Waals surface area (Å²) in [6, 6.07) is 21.5. The van der Waals surface area contributed by atoms with Gasteiger partial charge in [-0.05, 0) is 61.4 Å². The number of nitrogens with zero attached hydrogens (tertiary/aromatic N) is 2. The molecule has 162 valence electrons. The van der Waals surface area contributed by atoms with E-state index in [9.17, 15) is 4.79 Å². The zero-order valence-corrected chi connectivity index (χ0v) is 19.2. The Hall–Kier alpha value is -3.38. The third-order valence-corrected chi connectivity index (χ3v) is 6.22. The molecule has 0 aliphatic carbocycles. The first-order valence-corrected chi connectivity index (χ1v) is 11.4. The van der Waals surface area contributed by atoms with Gasteiger partial charge in [0.25, 0.3) is 0 Å². The van der Waals surface area contributed by atoms with Crippen molar-refractivity contribution in [3.63, 3.8) is 0 Å². The number of anilines is 1. The molecule has 0 aromatic heterocycles. The lowest BCUT2D eigenvalue weighted by Crippen LogP contribution is -2.16. The second-order valence-electron chi connectivity index (χ2n) is 7.60. The average molecular weight is 444 g/mol. The van der Waals surface area contributed by atoms with Gasteiger partial charge in [-0.25, -0.2) is 4.99 Å². The number of amides is 1. The van der Waals surface area contributed by atoms with Crippen molar-refractivity contribution in [3.8, 4) is 5.75 Å². The third kappa shape index (κ3) is 5.26. The fourth-order valence-electron chi connectivity index (χ4n) is 3.39. The molecule has 0 unspecified atom stereocenters. The van der Waals surface area contributed by atoms with E-state index in [1.54, 1.807) is 7.11 Å². The number of methoxy groups -OCH3 is 1. The first-order chi connectivity index (χ1) is 15.5. The van der Waals surface area contributed by atoms with Gasteiger partial charge in [-0.1, -0.05) is 30.3 Å². The number of carbonyl (C=O) groups excluding carboxylic acids is 1. The number of thioether (sulfide) groups is 1. The highest BCUT2D eigenvalue weighted by molar-refractivity contribution is 8.14. The molecule has 1 aliphatic heterocycles. The standard InChI is InChI=1S/C26H25N3O2S/c1-17-12-23-24(13-18(17)2)29-26(32-16-25(30)27-20-9-5-4-6-10-20)15-22(28-23)19-8-7-11-21(14-19)31-3/h4-14H,15-16H2,1-3H3,(H,27,30). The number of para-hydroxylation sites is 1. The van der Waals surface area contributed by atoms with Gasteiger partial charge < -0.3 is 10.1 Å². The van der Waals surface area contributed by atoms with Crippen molar-refractivity contribution < 1.29 is 9.53 Å². The minimum absolute atomic E-state index is 0.0617. The number of benzene rings is 3. The van der Waals surface area contributed by atoms with Gasteiger partial charge in [-0.2, -0.15) is 0 Å². The van der Waals surface area contributed by atoms with Gasteiger partial charge in [0.05, 0.1) is 35.0 Å². The Kier molecular flexibility index (Phi) is 6.71. The highest BCUT2D eigenvalue weighted by Gasteiger charge is 2.18. The molecule has 0 saturated carbocycles. The van der Waals surface area contributed by atoms with Crippen LogP contribution >= 0.6 is 11.8 Å². The molecule has 1 amide bonds. The monoisotopic (exact) mass is 443 g/mol. The lowest BCUT2D eigenvalue weighted by Gasteiger charge is -2.09. The van der Waals surface area contributed by atoms with Crippen LogP contribution < -0.4 is 10.1 Å². The van der Waals surface area contributed by atoms with Crippen LogP contribution in [0.5, 0.6) is 5.75 Å². The van der Waals surface area contributed by atoms with Crippen LogP contribution in [0.4, 0.5) is 17.1 Å². The lowest BCUT2D eigenvalue weighted by molar-refractivity contribution is -0.113. The van der Waals surface area contributed by atoms with E-state index in [0.29, 0.717) is 6.42 Å². The van der Waals surface area contributed by atoms with E-state index in [0.717, 1.165) is 39.1 Å². The van der Waals surface area contributed by atoms with E-state index in [-0.39, 0.29) is 11.7 Å². The highest BCUT2D eigenvalue weighted by Crippen LogP contribution is 2.36. The molecule has 32 heavy (non-hydrogen) atoms. The van der Waals surface area contributed by atoms with E-state index in [2.05, 4.69) is 31.3 Å². The van der Waals surface area contributed by atoms with Crippen LogP contribution in [0.2, 0.25) is 0 Å². The van der Waals surface area contributed by atoms with Crippen LogP contribution in [0, 0.1) is 13.8 Å². The number of hydrogen-bond donors (Lipinski definition) is 1. The van der Waals surface area contributed by atoms with E-state index in [4.69, 9.17) is 14.7 Å². The molecule has 3 aromatic carbocycles. The smallest absolute Gasteiger partial charge is 0.234 e. The van der Waals surface area contributed by atoms with Gasteiger partial charge in [0.1, 0.15) is 5.75 Å². The van der Waals surface area contributed by atoms with Crippen molar-refractivity contribution in [1.29, 1.82) is 0 Å². The first-order valence-electron chi connectivity index (χ1n) is 10.4. The molecule has 6 heteroatoms. The van der Waals surface area contributed by atoms with Crippen LogP contribution in [-0.2, 0) is 4.79 Å². The average Bonchev–Trinajstić information content (AvgIpc) is 2.98. The third-order valence-electron chi connectivity index (χ3n) is 5.24. The Morgan fingerprint density at radius 3 is 2.41 bits per heavy atom. The second-order valence-corrected chi connectivity index (χ2v) is 8.65. The second kappa shape index (κ2) is 9.83. The van der Waals surface area contributed by atoms with Crippen molar-refractivity contribution in [1.82, 2.24) is 0 Å². The van der Waals surface area contributed by atoms with Crippen molar-refractivity contribution in [2.45, 2.75) is 20.3 Å². The summed E-state index contributed by atoms with van der Waals surface area (Å²) < 4.78 is 5.40. The zero-order valence-electron chi connectivity index (χ0n) is 18.4. The summed E-state index contributed by atoms with van der Waals surface area (Å²) >= 11 is 1.45. The molecule has 0 spiro atoms. The molecule has 0 radical (unpaired) electrons. The molecule has 0 saturated heterocycles. The maximum Gasteiger partial charge on any atom is 0.234 e. The minimum atomic E-state index is -0.0617. The Morgan fingerprint density at radius 2 is 1.69 bits per heavy atom. The number of aryl methyl sites for hydroxylation is 2. The topological polar surface area (TPSA) is 63.1 Å². The Morgan fingerprint density at radius 1 is 0.969 bits per heavy atom. The highest BCUT2D eigenvalue weighted by atomic mass is 32.2. The first kappa shape index (κ1) is 21.8.